The number of ether oxygens (including phenoxy) is 1. The maximum atomic E-state index is 10.9. The highest BCUT2D eigenvalue weighted by Gasteiger charge is 2.15. The Morgan fingerprint density at radius 3 is 3.10 bits per heavy atom. The second kappa shape index (κ2) is 5.75. The highest BCUT2D eigenvalue weighted by atomic mass is 79.9. The Hall–Kier alpha value is -1.69. The molecule has 0 N–H and O–H groups in total. The Kier molecular flexibility index (Phi) is 3.82. The summed E-state index contributed by atoms with van der Waals surface area (Å²) in [6.45, 7) is 1.33. The van der Waals surface area contributed by atoms with Crippen LogP contribution in [0.4, 0.5) is 0 Å². The van der Waals surface area contributed by atoms with Gasteiger partial charge in [-0.2, -0.15) is 0 Å². The molecule has 2 heterocycles. The molecular formula is C14H14BrN3O2. The number of aromatic nitrogens is 3. The SMILES string of the molecule is O=Cc1cc(OCc2nnc3n2CCCC3)ccc1Br. The lowest BCUT2D eigenvalue weighted by Gasteiger charge is -2.15. The normalized spacial score (nSPS) is 13.8. The molecule has 5 nitrogen and oxygen atoms in total. The van der Waals surface area contributed by atoms with Crippen molar-refractivity contribution in [1.29, 1.82) is 0 Å². The van der Waals surface area contributed by atoms with Gasteiger partial charge < -0.3 is 9.30 Å². The number of hydrogen-bond acceptors (Lipinski definition) is 4. The molecular weight excluding hydrogens is 322 g/mol. The van der Waals surface area contributed by atoms with E-state index in [1.165, 1.54) is 6.42 Å². The summed E-state index contributed by atoms with van der Waals surface area (Å²) in [6, 6.07) is 5.34. The first-order valence-electron chi connectivity index (χ1n) is 6.56. The predicted octanol–water partition coefficient (Wildman–Crippen LogP) is 2.77. The number of nitrogens with zero attached hydrogens (tertiary/aromatic N) is 3. The van der Waals surface area contributed by atoms with Crippen LogP contribution >= 0.6 is 15.9 Å². The third kappa shape index (κ3) is 2.60. The van der Waals surface area contributed by atoms with Crippen molar-refractivity contribution in [3.63, 3.8) is 0 Å². The van der Waals surface area contributed by atoms with E-state index in [1.54, 1.807) is 12.1 Å². The molecule has 0 saturated carbocycles. The standard InChI is InChI=1S/C14H14BrN3O2/c15-12-5-4-11(7-10(12)8-19)20-9-14-17-16-13-3-1-2-6-18(13)14/h4-5,7-8H,1-3,6,9H2. The van der Waals surface area contributed by atoms with E-state index in [9.17, 15) is 4.79 Å². The van der Waals surface area contributed by atoms with Crippen LogP contribution in [0, 0.1) is 0 Å². The molecule has 0 atom stereocenters. The summed E-state index contributed by atoms with van der Waals surface area (Å²) in [7, 11) is 0. The molecule has 1 aliphatic rings. The summed E-state index contributed by atoms with van der Waals surface area (Å²) in [5.74, 6) is 2.54. The molecule has 104 valence electrons. The topological polar surface area (TPSA) is 57.0 Å². The molecule has 6 heteroatoms. The number of benzene rings is 1. The van der Waals surface area contributed by atoms with E-state index in [4.69, 9.17) is 4.74 Å². The fourth-order valence-corrected chi connectivity index (χ4v) is 2.67. The molecule has 0 bridgehead atoms. The van der Waals surface area contributed by atoms with Crippen molar-refractivity contribution in [3.8, 4) is 5.75 Å². The second-order valence-corrected chi connectivity index (χ2v) is 5.59. The quantitative estimate of drug-likeness (QED) is 0.806. The van der Waals surface area contributed by atoms with Crippen LogP contribution in [0.5, 0.6) is 5.75 Å². The summed E-state index contributed by atoms with van der Waals surface area (Å²) in [5.41, 5.74) is 0.575. The predicted molar refractivity (Wildman–Crippen MR) is 76.8 cm³/mol. The van der Waals surface area contributed by atoms with Gasteiger partial charge in [-0.15, -0.1) is 10.2 Å². The third-order valence-electron chi connectivity index (χ3n) is 3.40. The molecule has 0 aliphatic carbocycles. The molecule has 1 aliphatic heterocycles. The molecule has 0 amide bonds. The number of carbonyl (C=O) groups excluding carboxylic acids is 1. The minimum Gasteiger partial charge on any atom is -0.486 e. The Labute approximate surface area is 125 Å². The zero-order valence-corrected chi connectivity index (χ0v) is 12.5. The van der Waals surface area contributed by atoms with E-state index in [1.807, 2.05) is 6.07 Å². The summed E-state index contributed by atoms with van der Waals surface area (Å²) in [6.07, 6.45) is 4.12. The number of halogens is 1. The van der Waals surface area contributed by atoms with Gasteiger partial charge in [-0.1, -0.05) is 15.9 Å². The first kappa shape index (κ1) is 13.3. The Morgan fingerprint density at radius 1 is 1.35 bits per heavy atom. The van der Waals surface area contributed by atoms with Crippen molar-refractivity contribution in [2.45, 2.75) is 32.4 Å². The smallest absolute Gasteiger partial charge is 0.171 e. The lowest BCUT2D eigenvalue weighted by atomic mass is 10.2. The minimum atomic E-state index is 0.368. The van der Waals surface area contributed by atoms with Crippen molar-refractivity contribution in [1.82, 2.24) is 14.8 Å². The van der Waals surface area contributed by atoms with E-state index in [0.29, 0.717) is 17.9 Å². The molecule has 20 heavy (non-hydrogen) atoms. The van der Waals surface area contributed by atoms with Gasteiger partial charge in [0.1, 0.15) is 18.2 Å². The fraction of sp³-hybridized carbons (Fsp3) is 0.357. The van der Waals surface area contributed by atoms with Crippen molar-refractivity contribution >= 4 is 22.2 Å². The lowest BCUT2D eigenvalue weighted by Crippen LogP contribution is -2.14. The first-order valence-corrected chi connectivity index (χ1v) is 7.35. The van der Waals surface area contributed by atoms with Crippen LogP contribution in [-0.2, 0) is 19.6 Å². The fourth-order valence-electron chi connectivity index (χ4n) is 2.33. The molecule has 3 rings (SSSR count). The van der Waals surface area contributed by atoms with Gasteiger partial charge in [0.2, 0.25) is 0 Å². The van der Waals surface area contributed by atoms with Gasteiger partial charge in [0, 0.05) is 23.0 Å². The van der Waals surface area contributed by atoms with Crippen molar-refractivity contribution < 1.29 is 9.53 Å². The Bertz CT molecular complexity index is 639. The van der Waals surface area contributed by atoms with Crippen LogP contribution in [0.1, 0.15) is 34.8 Å². The average Bonchev–Trinajstić information content (AvgIpc) is 2.90. The van der Waals surface area contributed by atoms with Crippen LogP contribution in [-0.4, -0.2) is 21.1 Å². The summed E-state index contributed by atoms with van der Waals surface area (Å²) >= 11 is 3.32. The minimum absolute atomic E-state index is 0.368. The summed E-state index contributed by atoms with van der Waals surface area (Å²) in [4.78, 5) is 10.9. The van der Waals surface area contributed by atoms with E-state index in [0.717, 1.165) is 41.8 Å². The van der Waals surface area contributed by atoms with Gasteiger partial charge in [0.05, 0.1) is 0 Å². The van der Waals surface area contributed by atoms with Gasteiger partial charge in [0.15, 0.2) is 12.1 Å². The van der Waals surface area contributed by atoms with Gasteiger partial charge >= 0.3 is 0 Å². The largest absolute Gasteiger partial charge is 0.486 e. The van der Waals surface area contributed by atoms with E-state index in [-0.39, 0.29) is 0 Å². The second-order valence-electron chi connectivity index (χ2n) is 4.73. The van der Waals surface area contributed by atoms with Gasteiger partial charge in [-0.3, -0.25) is 4.79 Å². The van der Waals surface area contributed by atoms with Crippen LogP contribution < -0.4 is 4.74 Å². The van der Waals surface area contributed by atoms with Crippen molar-refractivity contribution in [3.05, 3.63) is 39.9 Å². The maximum Gasteiger partial charge on any atom is 0.171 e. The van der Waals surface area contributed by atoms with E-state index >= 15 is 0 Å². The van der Waals surface area contributed by atoms with Crippen molar-refractivity contribution in [2.75, 3.05) is 0 Å². The van der Waals surface area contributed by atoms with E-state index in [2.05, 4.69) is 30.7 Å². The van der Waals surface area contributed by atoms with Crippen molar-refractivity contribution in [2.24, 2.45) is 0 Å². The molecule has 0 saturated heterocycles. The van der Waals surface area contributed by atoms with Crippen LogP contribution in [0.25, 0.3) is 0 Å². The zero-order valence-electron chi connectivity index (χ0n) is 10.9. The number of fused-ring (bicyclic) bond motifs is 1. The molecule has 0 radical (unpaired) electrons. The van der Waals surface area contributed by atoms with Crippen LogP contribution in [0.3, 0.4) is 0 Å². The molecule has 1 aromatic carbocycles. The average molecular weight is 336 g/mol. The highest BCUT2D eigenvalue weighted by Crippen LogP contribution is 2.22. The Balaban J connectivity index is 1.73. The number of rotatable bonds is 4. The maximum absolute atomic E-state index is 10.9. The van der Waals surface area contributed by atoms with Gasteiger partial charge in [-0.05, 0) is 31.0 Å². The molecule has 0 spiro atoms. The monoisotopic (exact) mass is 335 g/mol. The van der Waals surface area contributed by atoms with Crippen LogP contribution in [0.15, 0.2) is 22.7 Å². The van der Waals surface area contributed by atoms with Crippen LogP contribution in [0.2, 0.25) is 0 Å². The first-order chi connectivity index (χ1) is 9.78. The lowest BCUT2D eigenvalue weighted by molar-refractivity contribution is 0.112. The van der Waals surface area contributed by atoms with Gasteiger partial charge in [-0.25, -0.2) is 0 Å². The Morgan fingerprint density at radius 2 is 2.25 bits per heavy atom. The summed E-state index contributed by atoms with van der Waals surface area (Å²) < 4.78 is 8.60. The summed E-state index contributed by atoms with van der Waals surface area (Å²) in [5, 5.41) is 8.37. The number of carbonyl (C=O) groups is 1. The van der Waals surface area contributed by atoms with Gasteiger partial charge in [0.25, 0.3) is 0 Å². The molecule has 2 aromatic rings. The number of aldehydes is 1. The number of aryl methyl sites for hydroxylation is 1. The molecule has 0 fully saturated rings. The third-order valence-corrected chi connectivity index (χ3v) is 4.12. The molecule has 1 aromatic heterocycles. The highest BCUT2D eigenvalue weighted by molar-refractivity contribution is 9.10. The zero-order chi connectivity index (χ0) is 13.9. The number of hydrogen-bond donors (Lipinski definition) is 0. The molecule has 0 unspecified atom stereocenters. The van der Waals surface area contributed by atoms with E-state index < -0.39 is 0 Å².